The van der Waals surface area contributed by atoms with Crippen LogP contribution in [0.4, 0.5) is 5.69 Å². The number of rotatable bonds is 15. The number of esters is 2. The zero-order valence-electron chi connectivity index (χ0n) is 31.9. The van der Waals surface area contributed by atoms with Crippen LogP contribution in [0.1, 0.15) is 32.4 Å². The summed E-state index contributed by atoms with van der Waals surface area (Å²) < 4.78 is 45.7. The van der Waals surface area contributed by atoms with Crippen LogP contribution in [-0.4, -0.2) is 156 Å². The SMILES string of the molecule is COC(=O)c1cccc(CN2CCOCCOCCN(Cc3cccc(C(=O)OC)n3)CCO[C@H](CSCCOCCOc3ccc(N)cc3)COCC2)n1. The highest BCUT2D eigenvalue weighted by molar-refractivity contribution is 7.99. The van der Waals surface area contributed by atoms with Crippen molar-refractivity contribution in [1.29, 1.82) is 0 Å². The van der Waals surface area contributed by atoms with Crippen LogP contribution in [0.3, 0.4) is 0 Å². The summed E-state index contributed by atoms with van der Waals surface area (Å²) >= 11 is 1.74. The minimum Gasteiger partial charge on any atom is -0.491 e. The number of nitrogens with two attached hydrogens (primary N) is 1. The highest BCUT2D eigenvalue weighted by atomic mass is 32.2. The number of ether oxygens (including phenoxy) is 8. The van der Waals surface area contributed by atoms with Crippen LogP contribution in [0.25, 0.3) is 0 Å². The van der Waals surface area contributed by atoms with Gasteiger partial charge in [-0.15, -0.1) is 0 Å². The lowest BCUT2D eigenvalue weighted by Crippen LogP contribution is -2.35. The molecule has 3 heterocycles. The number of carbonyl (C=O) groups is 2. The predicted molar refractivity (Wildman–Crippen MR) is 208 cm³/mol. The lowest BCUT2D eigenvalue weighted by molar-refractivity contribution is -0.0238. The molecule has 2 aromatic heterocycles. The van der Waals surface area contributed by atoms with Crippen LogP contribution in [0.2, 0.25) is 0 Å². The van der Waals surface area contributed by atoms with Gasteiger partial charge in [0, 0.05) is 56.5 Å². The Morgan fingerprint density at radius 1 is 0.727 bits per heavy atom. The normalized spacial score (nSPS) is 17.5. The van der Waals surface area contributed by atoms with E-state index in [1.807, 2.05) is 24.3 Å². The van der Waals surface area contributed by atoms with E-state index in [0.717, 1.165) is 28.6 Å². The van der Waals surface area contributed by atoms with Gasteiger partial charge in [0.25, 0.3) is 0 Å². The van der Waals surface area contributed by atoms with Gasteiger partial charge in [-0.1, -0.05) is 12.1 Å². The smallest absolute Gasteiger partial charge is 0.356 e. The summed E-state index contributed by atoms with van der Waals surface area (Å²) in [5.74, 6) is 1.32. The molecule has 1 atom stereocenters. The van der Waals surface area contributed by atoms with Gasteiger partial charge in [0.15, 0.2) is 0 Å². The Hall–Kier alpha value is -3.87. The highest BCUT2D eigenvalue weighted by Gasteiger charge is 2.16. The monoisotopic (exact) mass is 785 g/mol. The average Bonchev–Trinajstić information content (AvgIpc) is 3.20. The summed E-state index contributed by atoms with van der Waals surface area (Å²) in [6.07, 6.45) is -0.160. The first-order chi connectivity index (χ1) is 26.9. The van der Waals surface area contributed by atoms with Gasteiger partial charge in [0.2, 0.25) is 0 Å². The van der Waals surface area contributed by atoms with E-state index in [-0.39, 0.29) is 17.5 Å². The number of thioether (sulfide) groups is 1. The Balaban J connectivity index is 1.31. The van der Waals surface area contributed by atoms with Crippen molar-refractivity contribution in [2.24, 2.45) is 0 Å². The van der Waals surface area contributed by atoms with Gasteiger partial charge in [0.1, 0.15) is 23.7 Å². The van der Waals surface area contributed by atoms with Crippen LogP contribution in [0.5, 0.6) is 5.75 Å². The zero-order chi connectivity index (χ0) is 38.9. The molecule has 2 N–H and O–H groups in total. The molecular formula is C39H55N5O10S. The molecule has 1 aromatic carbocycles. The average molecular weight is 786 g/mol. The van der Waals surface area contributed by atoms with Crippen molar-refractivity contribution < 1.29 is 47.5 Å². The van der Waals surface area contributed by atoms with Gasteiger partial charge in [-0.2, -0.15) is 11.8 Å². The second kappa shape index (κ2) is 26.1. The molecule has 0 saturated carbocycles. The molecule has 0 amide bonds. The van der Waals surface area contributed by atoms with E-state index in [4.69, 9.17) is 43.6 Å². The van der Waals surface area contributed by atoms with Crippen molar-refractivity contribution >= 4 is 29.4 Å². The van der Waals surface area contributed by atoms with E-state index >= 15 is 0 Å². The molecule has 16 heteroatoms. The van der Waals surface area contributed by atoms with Gasteiger partial charge in [-0.05, 0) is 48.5 Å². The molecule has 302 valence electrons. The molecule has 0 bridgehead atoms. The Morgan fingerprint density at radius 3 is 1.87 bits per heavy atom. The molecule has 0 spiro atoms. The zero-order valence-corrected chi connectivity index (χ0v) is 32.8. The maximum atomic E-state index is 12.1. The van der Waals surface area contributed by atoms with Gasteiger partial charge in [-0.3, -0.25) is 9.80 Å². The van der Waals surface area contributed by atoms with Gasteiger partial charge < -0.3 is 43.6 Å². The maximum absolute atomic E-state index is 12.1. The van der Waals surface area contributed by atoms with Crippen molar-refractivity contribution in [3.05, 3.63) is 83.4 Å². The highest BCUT2D eigenvalue weighted by Crippen LogP contribution is 2.14. The summed E-state index contributed by atoms with van der Waals surface area (Å²) in [6.45, 7) is 8.28. The Bertz CT molecular complexity index is 1540. The van der Waals surface area contributed by atoms with Crippen LogP contribution in [0, 0.1) is 0 Å². The molecule has 1 aliphatic rings. The standard InChI is InChI=1S/C39H55N5O10S/c1-47-38(45)36-7-3-5-32(41-36)27-43-13-17-49-21-22-50-18-14-44(28-33-6-4-8-37(42-33)39(46)48-2)16-20-53-35(29-52-19-15-43)30-55-26-25-51-23-24-54-34-11-9-31(40)10-12-34/h3-12,35H,13-30,40H2,1-2H3/t35-/m0/s1. The predicted octanol–water partition coefficient (Wildman–Crippen LogP) is 3.21. The topological polar surface area (TPSA) is 166 Å². The first-order valence-corrected chi connectivity index (χ1v) is 19.6. The fraction of sp³-hybridized carbons (Fsp3) is 0.538. The summed E-state index contributed by atoms with van der Waals surface area (Å²) in [6, 6.07) is 18.0. The molecule has 0 radical (unpaired) electrons. The summed E-state index contributed by atoms with van der Waals surface area (Å²) in [4.78, 5) is 37.5. The number of carbonyl (C=O) groups excluding carboxylic acids is 2. The van der Waals surface area contributed by atoms with E-state index in [1.165, 1.54) is 14.2 Å². The van der Waals surface area contributed by atoms with Crippen LogP contribution in [0.15, 0.2) is 60.7 Å². The number of methoxy groups -OCH3 is 2. The third-order valence-electron chi connectivity index (χ3n) is 8.32. The van der Waals surface area contributed by atoms with Crippen molar-refractivity contribution in [2.45, 2.75) is 19.2 Å². The summed E-state index contributed by atoms with van der Waals surface area (Å²) in [7, 11) is 2.69. The number of pyridine rings is 2. The van der Waals surface area contributed by atoms with Crippen LogP contribution in [-0.2, 0) is 46.2 Å². The molecule has 0 unspecified atom stereocenters. The minimum atomic E-state index is -0.474. The van der Waals surface area contributed by atoms with E-state index in [1.54, 1.807) is 48.2 Å². The Morgan fingerprint density at radius 2 is 1.29 bits per heavy atom. The molecule has 55 heavy (non-hydrogen) atoms. The third-order valence-corrected chi connectivity index (χ3v) is 9.38. The van der Waals surface area contributed by atoms with Crippen molar-refractivity contribution in [1.82, 2.24) is 19.8 Å². The number of benzene rings is 1. The molecule has 1 saturated heterocycles. The second-order valence-corrected chi connectivity index (χ2v) is 13.6. The molecule has 0 aliphatic carbocycles. The van der Waals surface area contributed by atoms with Crippen LogP contribution < -0.4 is 10.5 Å². The number of anilines is 1. The van der Waals surface area contributed by atoms with E-state index in [2.05, 4.69) is 19.8 Å². The minimum absolute atomic E-state index is 0.160. The molecule has 1 fully saturated rings. The summed E-state index contributed by atoms with van der Waals surface area (Å²) in [5, 5.41) is 0. The van der Waals surface area contributed by atoms with Crippen molar-refractivity contribution in [3.63, 3.8) is 0 Å². The maximum Gasteiger partial charge on any atom is 0.356 e. The molecule has 15 nitrogen and oxygen atoms in total. The number of nitrogen functional groups attached to an aromatic ring is 1. The van der Waals surface area contributed by atoms with Crippen molar-refractivity contribution in [2.75, 3.05) is 124 Å². The van der Waals surface area contributed by atoms with Gasteiger partial charge in [0.05, 0.1) is 91.2 Å². The Kier molecular flexibility index (Phi) is 20.8. The second-order valence-electron chi connectivity index (χ2n) is 12.5. The fourth-order valence-corrected chi connectivity index (χ4v) is 6.26. The number of aromatic nitrogens is 2. The Labute approximate surface area is 328 Å². The fourth-order valence-electron chi connectivity index (χ4n) is 5.40. The first kappa shape index (κ1) is 43.9. The summed E-state index contributed by atoms with van der Waals surface area (Å²) in [5.41, 5.74) is 8.47. The largest absolute Gasteiger partial charge is 0.491 e. The molecular weight excluding hydrogens is 731 g/mol. The number of hydrogen-bond acceptors (Lipinski definition) is 16. The van der Waals surface area contributed by atoms with Gasteiger partial charge >= 0.3 is 11.9 Å². The third kappa shape index (κ3) is 17.6. The first-order valence-electron chi connectivity index (χ1n) is 18.5. The molecule has 3 aromatic rings. The lowest BCUT2D eigenvalue weighted by atomic mass is 10.2. The lowest BCUT2D eigenvalue weighted by Gasteiger charge is -2.25. The quantitative estimate of drug-likeness (QED) is 0.136. The van der Waals surface area contributed by atoms with E-state index in [0.29, 0.717) is 111 Å². The molecule has 4 rings (SSSR count). The number of hydrogen-bond donors (Lipinski definition) is 1. The van der Waals surface area contributed by atoms with Gasteiger partial charge in [-0.25, -0.2) is 19.6 Å². The van der Waals surface area contributed by atoms with Crippen LogP contribution >= 0.6 is 11.8 Å². The van der Waals surface area contributed by atoms with E-state index in [9.17, 15) is 9.59 Å². The van der Waals surface area contributed by atoms with E-state index < -0.39 is 11.9 Å². The van der Waals surface area contributed by atoms with Crippen molar-refractivity contribution in [3.8, 4) is 5.75 Å². The molecule has 1 aliphatic heterocycles. The number of nitrogens with zero attached hydrogens (tertiary/aromatic N) is 4.